The molecule has 208 valence electrons. The fourth-order valence-corrected chi connectivity index (χ4v) is 3.09. The highest BCUT2D eigenvalue weighted by Gasteiger charge is 2.21. The number of carbonyl (C=O) groups excluding carboxylic acids is 3. The number of nitrogens with one attached hydrogen (secondary N) is 1. The van der Waals surface area contributed by atoms with Gasteiger partial charge in [0.25, 0.3) is 5.91 Å². The third-order valence-corrected chi connectivity index (χ3v) is 5.15. The van der Waals surface area contributed by atoms with Crippen LogP contribution < -0.4 is 15.8 Å². The number of nitrogens with two attached hydrogens (primary N) is 1. The summed E-state index contributed by atoms with van der Waals surface area (Å²) in [5, 5.41) is 2.71. The van der Waals surface area contributed by atoms with Crippen LogP contribution in [-0.4, -0.2) is 57.4 Å². The molecule has 36 heavy (non-hydrogen) atoms. The SMILES string of the molecule is C.CCCCC[C@H](N)C(=O)OC.CCCCC[C@H](NC(=O)c1cccc(OCCCF)c1)C(=O)OC. The Morgan fingerprint density at radius 3 is 2.11 bits per heavy atom. The van der Waals surface area contributed by atoms with Crippen LogP contribution in [0.5, 0.6) is 5.75 Å². The van der Waals surface area contributed by atoms with Gasteiger partial charge in [-0.2, -0.15) is 0 Å². The van der Waals surface area contributed by atoms with Crippen molar-refractivity contribution in [1.29, 1.82) is 0 Å². The number of carbonyl (C=O) groups is 3. The van der Waals surface area contributed by atoms with E-state index in [0.717, 1.165) is 44.9 Å². The van der Waals surface area contributed by atoms with Gasteiger partial charge in [-0.25, -0.2) is 4.79 Å². The highest BCUT2D eigenvalue weighted by Crippen LogP contribution is 2.14. The molecule has 0 aromatic heterocycles. The summed E-state index contributed by atoms with van der Waals surface area (Å²) >= 11 is 0. The van der Waals surface area contributed by atoms with E-state index in [4.69, 9.17) is 15.2 Å². The standard InChI is InChI=1S/C18H26FNO4.C8H17NO2.CH4/c1-3-4-5-10-16(18(22)23-2)20-17(21)14-8-6-9-15(13-14)24-12-7-11-19;1-3-4-5-6-7(9)8(10)11-2;/h6,8-9,13,16H,3-5,7,10-12H2,1-2H3,(H,20,21);7H,3-6,9H2,1-2H3;1H4/t16-;7-;/m00./s1. The fraction of sp³-hybridized carbons (Fsp3) is 0.667. The molecule has 3 N–H and O–H groups in total. The molecule has 2 atom stereocenters. The van der Waals surface area contributed by atoms with Gasteiger partial charge < -0.3 is 25.3 Å². The molecule has 1 aromatic carbocycles. The zero-order valence-electron chi connectivity index (χ0n) is 21.6. The molecule has 0 aliphatic rings. The molecule has 1 rings (SSSR count). The second-order valence-corrected chi connectivity index (χ2v) is 8.09. The number of methoxy groups -OCH3 is 2. The molecule has 0 radical (unpaired) electrons. The summed E-state index contributed by atoms with van der Waals surface area (Å²) in [4.78, 5) is 34.9. The van der Waals surface area contributed by atoms with Crippen molar-refractivity contribution in [2.45, 2.75) is 91.1 Å². The van der Waals surface area contributed by atoms with E-state index in [1.165, 1.54) is 14.2 Å². The predicted molar refractivity (Wildman–Crippen MR) is 141 cm³/mol. The Balaban J connectivity index is 0. The lowest BCUT2D eigenvalue weighted by molar-refractivity contribution is -0.143. The number of hydrogen-bond acceptors (Lipinski definition) is 7. The number of benzene rings is 1. The molecule has 0 saturated heterocycles. The molecule has 0 aliphatic heterocycles. The lowest BCUT2D eigenvalue weighted by Gasteiger charge is -2.16. The fourth-order valence-electron chi connectivity index (χ4n) is 3.09. The monoisotopic (exact) mass is 514 g/mol. The van der Waals surface area contributed by atoms with Gasteiger partial charge in [-0.15, -0.1) is 0 Å². The Bertz CT molecular complexity index is 732. The van der Waals surface area contributed by atoms with E-state index < -0.39 is 24.7 Å². The minimum Gasteiger partial charge on any atom is -0.493 e. The summed E-state index contributed by atoms with van der Waals surface area (Å²) in [6.07, 6.45) is 7.72. The van der Waals surface area contributed by atoms with E-state index in [1.54, 1.807) is 24.3 Å². The molecule has 1 amide bonds. The summed E-state index contributed by atoms with van der Waals surface area (Å²) in [7, 11) is 2.67. The van der Waals surface area contributed by atoms with Crippen LogP contribution in [0.1, 0.15) is 89.4 Å². The molecular formula is C27H47FN2O6. The zero-order chi connectivity index (χ0) is 26.5. The van der Waals surface area contributed by atoms with E-state index in [-0.39, 0.29) is 25.9 Å². The summed E-state index contributed by atoms with van der Waals surface area (Å²) in [6, 6.07) is 5.51. The molecule has 0 unspecified atom stereocenters. The van der Waals surface area contributed by atoms with Crippen LogP contribution in [0.4, 0.5) is 4.39 Å². The molecule has 8 nitrogen and oxygen atoms in total. The molecule has 0 spiro atoms. The predicted octanol–water partition coefficient (Wildman–Crippen LogP) is 4.98. The van der Waals surface area contributed by atoms with Gasteiger partial charge in [0.15, 0.2) is 0 Å². The third kappa shape index (κ3) is 16.1. The van der Waals surface area contributed by atoms with Crippen molar-refractivity contribution in [3.05, 3.63) is 29.8 Å². The van der Waals surface area contributed by atoms with Crippen molar-refractivity contribution < 1.29 is 33.0 Å². The van der Waals surface area contributed by atoms with Gasteiger partial charge in [0.1, 0.15) is 17.8 Å². The van der Waals surface area contributed by atoms with Crippen molar-refractivity contribution in [3.8, 4) is 5.75 Å². The third-order valence-electron chi connectivity index (χ3n) is 5.15. The number of alkyl halides is 1. The van der Waals surface area contributed by atoms with Gasteiger partial charge in [0.2, 0.25) is 0 Å². The van der Waals surface area contributed by atoms with Crippen LogP contribution in [0.15, 0.2) is 24.3 Å². The molecule has 1 aromatic rings. The highest BCUT2D eigenvalue weighted by atomic mass is 19.1. The zero-order valence-corrected chi connectivity index (χ0v) is 21.6. The number of rotatable bonds is 16. The van der Waals surface area contributed by atoms with Crippen LogP contribution in [0.25, 0.3) is 0 Å². The number of unbranched alkanes of at least 4 members (excludes halogenated alkanes) is 4. The molecular weight excluding hydrogens is 467 g/mol. The topological polar surface area (TPSA) is 117 Å². The minimum absolute atomic E-state index is 0. The van der Waals surface area contributed by atoms with Crippen LogP contribution in [0, 0.1) is 0 Å². The number of halogens is 1. The lowest BCUT2D eigenvalue weighted by Crippen LogP contribution is -2.41. The van der Waals surface area contributed by atoms with Crippen LogP contribution in [-0.2, 0) is 19.1 Å². The highest BCUT2D eigenvalue weighted by molar-refractivity contribution is 5.97. The minimum atomic E-state index is -0.662. The molecule has 0 heterocycles. The number of ether oxygens (including phenoxy) is 3. The van der Waals surface area contributed by atoms with Crippen LogP contribution in [0.2, 0.25) is 0 Å². The van der Waals surface area contributed by atoms with Crippen LogP contribution in [0.3, 0.4) is 0 Å². The normalized spacial score (nSPS) is 11.6. The number of hydrogen-bond donors (Lipinski definition) is 2. The van der Waals surface area contributed by atoms with Crippen molar-refractivity contribution in [2.24, 2.45) is 5.73 Å². The smallest absolute Gasteiger partial charge is 0.328 e. The second-order valence-electron chi connectivity index (χ2n) is 8.09. The van der Waals surface area contributed by atoms with Crippen molar-refractivity contribution in [1.82, 2.24) is 5.32 Å². The Morgan fingerprint density at radius 2 is 1.56 bits per heavy atom. The number of esters is 2. The first kappa shape index (κ1) is 35.5. The molecule has 0 aliphatic carbocycles. The molecule has 0 bridgehead atoms. The number of amides is 1. The Hall–Kier alpha value is -2.68. The first-order valence-electron chi connectivity index (χ1n) is 12.3. The second kappa shape index (κ2) is 22.8. The summed E-state index contributed by atoms with van der Waals surface area (Å²) < 4.78 is 26.7. The molecule has 0 saturated carbocycles. The first-order chi connectivity index (χ1) is 16.8. The van der Waals surface area contributed by atoms with Crippen molar-refractivity contribution in [3.63, 3.8) is 0 Å². The van der Waals surface area contributed by atoms with E-state index >= 15 is 0 Å². The van der Waals surface area contributed by atoms with Gasteiger partial charge in [0, 0.05) is 12.0 Å². The quantitative estimate of drug-likeness (QED) is 0.236. The summed E-state index contributed by atoms with van der Waals surface area (Å²) in [6.45, 7) is 3.99. The Labute approximate surface area is 216 Å². The van der Waals surface area contributed by atoms with Gasteiger partial charge in [-0.1, -0.05) is 65.9 Å². The van der Waals surface area contributed by atoms with Gasteiger partial charge in [0.05, 0.1) is 27.5 Å². The lowest BCUT2D eigenvalue weighted by atomic mass is 10.1. The maximum absolute atomic E-state index is 12.4. The van der Waals surface area contributed by atoms with E-state index in [2.05, 4.69) is 23.9 Å². The van der Waals surface area contributed by atoms with E-state index in [1.807, 2.05) is 0 Å². The maximum Gasteiger partial charge on any atom is 0.328 e. The van der Waals surface area contributed by atoms with Gasteiger partial charge in [-0.05, 0) is 31.0 Å². The van der Waals surface area contributed by atoms with E-state index in [0.29, 0.717) is 24.2 Å². The van der Waals surface area contributed by atoms with Crippen molar-refractivity contribution in [2.75, 3.05) is 27.5 Å². The Morgan fingerprint density at radius 1 is 0.944 bits per heavy atom. The van der Waals surface area contributed by atoms with Crippen molar-refractivity contribution >= 4 is 17.8 Å². The van der Waals surface area contributed by atoms with Gasteiger partial charge in [-0.3, -0.25) is 14.0 Å². The van der Waals surface area contributed by atoms with Gasteiger partial charge >= 0.3 is 11.9 Å². The largest absolute Gasteiger partial charge is 0.493 e. The summed E-state index contributed by atoms with van der Waals surface area (Å²) in [5.74, 6) is -0.620. The molecule has 9 heteroatoms. The Kier molecular flexibility index (Phi) is 22.4. The van der Waals surface area contributed by atoms with E-state index in [9.17, 15) is 18.8 Å². The summed E-state index contributed by atoms with van der Waals surface area (Å²) in [5.41, 5.74) is 5.88. The molecule has 0 fully saturated rings. The average Bonchev–Trinajstić information content (AvgIpc) is 2.88. The average molecular weight is 515 g/mol. The first-order valence-corrected chi connectivity index (χ1v) is 12.3. The van der Waals surface area contributed by atoms with Crippen LogP contribution >= 0.6 is 0 Å². The maximum atomic E-state index is 12.4.